The van der Waals surface area contributed by atoms with Crippen LogP contribution < -0.4 is 11.1 Å². The molecule has 0 saturated carbocycles. The molecule has 1 fully saturated rings. The van der Waals surface area contributed by atoms with Crippen LogP contribution in [0.15, 0.2) is 24.3 Å². The lowest BCUT2D eigenvalue weighted by Crippen LogP contribution is -2.29. The number of carbonyl (C=O) groups excluding carboxylic acids is 1. The lowest BCUT2D eigenvalue weighted by molar-refractivity contribution is -0.113. The van der Waals surface area contributed by atoms with Crippen LogP contribution in [-0.2, 0) is 25.9 Å². The third-order valence-electron chi connectivity index (χ3n) is 3.26. The highest BCUT2D eigenvalue weighted by Gasteiger charge is 2.25. The summed E-state index contributed by atoms with van der Waals surface area (Å²) >= 11 is 0. The molecule has 1 aromatic rings. The SMILES string of the molecule is NCc1cccc(NC(=O)CS(=O)(=O)CC2CCCO2)c1. The molecule has 1 saturated heterocycles. The fourth-order valence-electron chi connectivity index (χ4n) is 2.29. The molecule has 1 unspecified atom stereocenters. The predicted octanol–water partition coefficient (Wildman–Crippen LogP) is 0.678. The molecule has 1 aliphatic heterocycles. The van der Waals surface area contributed by atoms with E-state index in [0.29, 0.717) is 18.8 Å². The number of nitrogens with one attached hydrogen (secondary N) is 1. The highest BCUT2D eigenvalue weighted by Crippen LogP contribution is 2.15. The zero-order valence-electron chi connectivity index (χ0n) is 11.7. The zero-order valence-corrected chi connectivity index (χ0v) is 12.6. The molecule has 0 spiro atoms. The minimum absolute atomic E-state index is 0.0940. The molecule has 0 aliphatic carbocycles. The molecule has 2 rings (SSSR count). The quantitative estimate of drug-likeness (QED) is 0.805. The van der Waals surface area contributed by atoms with Gasteiger partial charge in [0, 0.05) is 18.8 Å². The molecule has 6 nitrogen and oxygen atoms in total. The summed E-state index contributed by atoms with van der Waals surface area (Å²) < 4.78 is 29.2. The Labute approximate surface area is 124 Å². The van der Waals surface area contributed by atoms with Crippen molar-refractivity contribution in [2.75, 3.05) is 23.4 Å². The highest BCUT2D eigenvalue weighted by atomic mass is 32.2. The van der Waals surface area contributed by atoms with Gasteiger partial charge in [-0.25, -0.2) is 8.42 Å². The van der Waals surface area contributed by atoms with Gasteiger partial charge in [0.05, 0.1) is 11.9 Å². The van der Waals surface area contributed by atoms with Crippen molar-refractivity contribution in [2.45, 2.75) is 25.5 Å². The molecule has 3 N–H and O–H groups in total. The second kappa shape index (κ2) is 7.02. The van der Waals surface area contributed by atoms with Gasteiger partial charge in [-0.2, -0.15) is 0 Å². The molecule has 1 heterocycles. The Morgan fingerprint density at radius 1 is 1.43 bits per heavy atom. The number of ether oxygens (including phenoxy) is 1. The predicted molar refractivity (Wildman–Crippen MR) is 80.6 cm³/mol. The van der Waals surface area contributed by atoms with Crippen molar-refractivity contribution in [3.8, 4) is 0 Å². The molecule has 1 aromatic carbocycles. The number of hydrogen-bond acceptors (Lipinski definition) is 5. The summed E-state index contributed by atoms with van der Waals surface area (Å²) in [5.74, 6) is -1.16. The van der Waals surface area contributed by atoms with Gasteiger partial charge in [-0.3, -0.25) is 4.79 Å². The van der Waals surface area contributed by atoms with E-state index < -0.39 is 21.5 Å². The fourth-order valence-corrected chi connectivity index (χ4v) is 3.71. The fraction of sp³-hybridized carbons (Fsp3) is 0.500. The summed E-state index contributed by atoms with van der Waals surface area (Å²) in [7, 11) is -3.46. The van der Waals surface area contributed by atoms with Crippen LogP contribution in [0, 0.1) is 0 Å². The molecule has 7 heteroatoms. The topological polar surface area (TPSA) is 98.5 Å². The summed E-state index contributed by atoms with van der Waals surface area (Å²) in [6.45, 7) is 0.958. The van der Waals surface area contributed by atoms with E-state index >= 15 is 0 Å². The van der Waals surface area contributed by atoms with Crippen molar-refractivity contribution in [3.63, 3.8) is 0 Å². The standard InChI is InChI=1S/C14H20N2O4S/c15-8-11-3-1-4-12(7-11)16-14(17)10-21(18,19)9-13-5-2-6-20-13/h1,3-4,7,13H,2,5-6,8-10,15H2,(H,16,17). The van der Waals surface area contributed by atoms with Gasteiger partial charge in [0.15, 0.2) is 9.84 Å². The van der Waals surface area contributed by atoms with E-state index in [2.05, 4.69) is 5.32 Å². The van der Waals surface area contributed by atoms with Crippen LogP contribution >= 0.6 is 0 Å². The minimum atomic E-state index is -3.46. The number of hydrogen-bond donors (Lipinski definition) is 2. The van der Waals surface area contributed by atoms with Gasteiger partial charge in [-0.15, -0.1) is 0 Å². The molecule has 116 valence electrons. The van der Waals surface area contributed by atoms with Crippen molar-refractivity contribution in [3.05, 3.63) is 29.8 Å². The average molecular weight is 312 g/mol. The second-order valence-electron chi connectivity index (χ2n) is 5.14. The Kier molecular flexibility index (Phi) is 5.33. The largest absolute Gasteiger partial charge is 0.377 e. The monoisotopic (exact) mass is 312 g/mol. The third-order valence-corrected chi connectivity index (χ3v) is 4.84. The van der Waals surface area contributed by atoms with E-state index in [-0.39, 0.29) is 11.9 Å². The van der Waals surface area contributed by atoms with Crippen LogP contribution in [0.3, 0.4) is 0 Å². The van der Waals surface area contributed by atoms with Gasteiger partial charge in [0.2, 0.25) is 5.91 Å². The van der Waals surface area contributed by atoms with Gasteiger partial charge >= 0.3 is 0 Å². The van der Waals surface area contributed by atoms with E-state index in [4.69, 9.17) is 10.5 Å². The van der Waals surface area contributed by atoms with Gasteiger partial charge in [-0.1, -0.05) is 12.1 Å². The third kappa shape index (κ3) is 5.11. The maximum absolute atomic E-state index is 11.9. The number of rotatable bonds is 6. The van der Waals surface area contributed by atoms with E-state index in [1.807, 2.05) is 6.07 Å². The van der Waals surface area contributed by atoms with Crippen molar-refractivity contribution in [1.82, 2.24) is 0 Å². The first-order valence-corrected chi connectivity index (χ1v) is 8.71. The number of sulfone groups is 1. The second-order valence-corrected chi connectivity index (χ2v) is 7.25. The summed E-state index contributed by atoms with van der Waals surface area (Å²) in [6, 6.07) is 7.02. The average Bonchev–Trinajstić information content (AvgIpc) is 2.90. The van der Waals surface area contributed by atoms with Crippen LogP contribution in [-0.4, -0.2) is 38.5 Å². The smallest absolute Gasteiger partial charge is 0.239 e. The molecule has 0 radical (unpaired) electrons. The van der Waals surface area contributed by atoms with E-state index in [1.54, 1.807) is 18.2 Å². The number of carbonyl (C=O) groups is 1. The molecule has 0 bridgehead atoms. The van der Waals surface area contributed by atoms with Crippen LogP contribution in [0.25, 0.3) is 0 Å². The van der Waals surface area contributed by atoms with Gasteiger partial charge in [-0.05, 0) is 30.5 Å². The van der Waals surface area contributed by atoms with E-state index in [0.717, 1.165) is 18.4 Å². The Morgan fingerprint density at radius 2 is 2.24 bits per heavy atom. The number of amides is 1. The van der Waals surface area contributed by atoms with Gasteiger partial charge < -0.3 is 15.8 Å². The van der Waals surface area contributed by atoms with Crippen LogP contribution in [0.2, 0.25) is 0 Å². The van der Waals surface area contributed by atoms with Crippen LogP contribution in [0.4, 0.5) is 5.69 Å². The van der Waals surface area contributed by atoms with E-state index in [9.17, 15) is 13.2 Å². The Balaban J connectivity index is 1.90. The van der Waals surface area contributed by atoms with Gasteiger partial charge in [0.1, 0.15) is 5.75 Å². The lowest BCUT2D eigenvalue weighted by Gasteiger charge is -2.10. The highest BCUT2D eigenvalue weighted by molar-refractivity contribution is 7.92. The summed E-state index contributed by atoms with van der Waals surface area (Å²) in [6.07, 6.45) is 1.33. The summed E-state index contributed by atoms with van der Waals surface area (Å²) in [5.41, 5.74) is 6.94. The first-order chi connectivity index (χ1) is 9.98. The maximum atomic E-state index is 11.9. The molecular weight excluding hydrogens is 292 g/mol. The van der Waals surface area contributed by atoms with Crippen molar-refractivity contribution in [1.29, 1.82) is 0 Å². The van der Waals surface area contributed by atoms with Crippen molar-refractivity contribution >= 4 is 21.4 Å². The number of nitrogens with two attached hydrogens (primary N) is 1. The van der Waals surface area contributed by atoms with Crippen LogP contribution in [0.5, 0.6) is 0 Å². The number of anilines is 1. The van der Waals surface area contributed by atoms with Crippen molar-refractivity contribution in [2.24, 2.45) is 5.73 Å². The molecule has 1 amide bonds. The van der Waals surface area contributed by atoms with Gasteiger partial charge in [0.25, 0.3) is 0 Å². The summed E-state index contributed by atoms with van der Waals surface area (Å²) in [5, 5.41) is 2.58. The minimum Gasteiger partial charge on any atom is -0.377 e. The first-order valence-electron chi connectivity index (χ1n) is 6.89. The molecule has 1 aliphatic rings. The molecule has 21 heavy (non-hydrogen) atoms. The van der Waals surface area contributed by atoms with Crippen LogP contribution in [0.1, 0.15) is 18.4 Å². The summed E-state index contributed by atoms with van der Waals surface area (Å²) in [4.78, 5) is 11.8. The normalized spacial score (nSPS) is 18.6. The van der Waals surface area contributed by atoms with E-state index in [1.165, 1.54) is 0 Å². The Bertz CT molecular complexity index is 595. The Hall–Kier alpha value is -1.44. The molecule has 0 aromatic heterocycles. The lowest BCUT2D eigenvalue weighted by atomic mass is 10.2. The molecule has 1 atom stereocenters. The first kappa shape index (κ1) is 15.9. The zero-order chi connectivity index (χ0) is 15.3. The maximum Gasteiger partial charge on any atom is 0.239 e. The number of benzene rings is 1. The Morgan fingerprint density at radius 3 is 2.90 bits per heavy atom. The van der Waals surface area contributed by atoms with Crippen molar-refractivity contribution < 1.29 is 17.9 Å². The molecular formula is C14H20N2O4S.